The molecule has 0 saturated carbocycles. The minimum atomic E-state index is 0.539. The van der Waals surface area contributed by atoms with Crippen molar-refractivity contribution in [2.75, 3.05) is 0 Å². The zero-order valence-corrected chi connectivity index (χ0v) is 8.10. The highest BCUT2D eigenvalue weighted by atomic mass is 32.1. The van der Waals surface area contributed by atoms with E-state index in [2.05, 4.69) is 13.0 Å². The van der Waals surface area contributed by atoms with Gasteiger partial charge in [-0.1, -0.05) is 18.2 Å². The molecule has 64 valence electrons. The molecule has 0 N–H and O–H groups in total. The Morgan fingerprint density at radius 1 is 1.15 bits per heavy atom. The van der Waals surface area contributed by atoms with Crippen molar-refractivity contribution < 1.29 is 4.21 Å². The van der Waals surface area contributed by atoms with Gasteiger partial charge in [0.05, 0.1) is 0 Å². The number of hydrogen-bond donors (Lipinski definition) is 0. The van der Waals surface area contributed by atoms with Crippen LogP contribution < -0.4 is 0 Å². The molecular weight excluding hydrogens is 180 g/mol. The summed E-state index contributed by atoms with van der Waals surface area (Å²) in [4.78, 5) is 0.776. The van der Waals surface area contributed by atoms with Gasteiger partial charge >= 0.3 is 11.7 Å². The summed E-state index contributed by atoms with van der Waals surface area (Å²) in [7, 11) is 0. The van der Waals surface area contributed by atoms with Crippen LogP contribution >= 0.6 is 0 Å². The van der Waals surface area contributed by atoms with Crippen molar-refractivity contribution in [2.24, 2.45) is 0 Å². The van der Waals surface area contributed by atoms with E-state index in [4.69, 9.17) is 0 Å². The second-order valence-corrected chi connectivity index (χ2v) is 3.68. The third-order valence-electron chi connectivity index (χ3n) is 2.17. The highest BCUT2D eigenvalue weighted by Crippen LogP contribution is 2.19. The standard InChI is InChI=1S/C11H9OS/c1-8-3-2-4-9-7-10(13-12)5-6-11(8)9/h2-7H,1H3/q+1. The number of fused-ring (bicyclic) bond motifs is 1. The van der Waals surface area contributed by atoms with Gasteiger partial charge in [-0.25, -0.2) is 0 Å². The molecule has 0 unspecified atom stereocenters. The van der Waals surface area contributed by atoms with E-state index >= 15 is 0 Å². The Morgan fingerprint density at radius 2 is 2.00 bits per heavy atom. The zero-order chi connectivity index (χ0) is 9.26. The molecule has 2 aromatic rings. The molecule has 2 aromatic carbocycles. The van der Waals surface area contributed by atoms with Crippen molar-refractivity contribution in [1.29, 1.82) is 0 Å². The Hall–Kier alpha value is -1.28. The first-order chi connectivity index (χ1) is 6.31. The van der Waals surface area contributed by atoms with Crippen LogP contribution in [-0.2, 0) is 15.9 Å². The van der Waals surface area contributed by atoms with Crippen LogP contribution in [0.1, 0.15) is 5.56 Å². The maximum Gasteiger partial charge on any atom is 0.505 e. The minimum Gasteiger partial charge on any atom is -0.0614 e. The molecule has 0 atom stereocenters. The van der Waals surface area contributed by atoms with Gasteiger partial charge in [0, 0.05) is 16.3 Å². The van der Waals surface area contributed by atoms with Crippen LogP contribution in [0, 0.1) is 6.92 Å². The first-order valence-electron chi connectivity index (χ1n) is 4.10. The minimum absolute atomic E-state index is 0.539. The smallest absolute Gasteiger partial charge is 0.0614 e. The average Bonchev–Trinajstić information content (AvgIpc) is 2.18. The molecule has 2 rings (SSSR count). The van der Waals surface area contributed by atoms with Crippen LogP contribution in [0.3, 0.4) is 0 Å². The molecule has 0 aromatic heterocycles. The Morgan fingerprint density at radius 3 is 2.77 bits per heavy atom. The molecular formula is C11H9OS+. The Kier molecular flexibility index (Phi) is 2.07. The van der Waals surface area contributed by atoms with Gasteiger partial charge in [-0.3, -0.25) is 0 Å². The van der Waals surface area contributed by atoms with Gasteiger partial charge in [0.15, 0.2) is 0 Å². The maximum atomic E-state index is 10.6. The van der Waals surface area contributed by atoms with E-state index in [0.717, 1.165) is 10.3 Å². The number of aryl methyl sites for hydroxylation is 1. The predicted molar refractivity (Wildman–Crippen MR) is 55.0 cm³/mol. The van der Waals surface area contributed by atoms with E-state index in [1.54, 1.807) is 0 Å². The molecule has 0 spiro atoms. The Balaban J connectivity index is 2.79. The normalized spacial score (nSPS) is 10.2. The zero-order valence-electron chi connectivity index (χ0n) is 7.28. The molecule has 13 heavy (non-hydrogen) atoms. The molecule has 0 saturated heterocycles. The quantitative estimate of drug-likeness (QED) is 0.630. The summed E-state index contributed by atoms with van der Waals surface area (Å²) in [5.41, 5.74) is 1.25. The summed E-state index contributed by atoms with van der Waals surface area (Å²) in [5.74, 6) is 0. The van der Waals surface area contributed by atoms with Crippen LogP contribution in [0.5, 0.6) is 0 Å². The van der Waals surface area contributed by atoms with Crippen LogP contribution in [0.15, 0.2) is 41.3 Å². The van der Waals surface area contributed by atoms with E-state index < -0.39 is 0 Å². The van der Waals surface area contributed by atoms with Gasteiger partial charge < -0.3 is 0 Å². The summed E-state index contributed by atoms with van der Waals surface area (Å²) in [6, 6.07) is 11.9. The fraction of sp³-hybridized carbons (Fsp3) is 0.0909. The highest BCUT2D eigenvalue weighted by Gasteiger charge is 2.06. The monoisotopic (exact) mass is 189 g/mol. The lowest BCUT2D eigenvalue weighted by atomic mass is 10.1. The van der Waals surface area contributed by atoms with E-state index in [0.29, 0.717) is 11.7 Å². The summed E-state index contributed by atoms with van der Waals surface area (Å²) in [5, 5.41) is 2.36. The topological polar surface area (TPSA) is 17.1 Å². The van der Waals surface area contributed by atoms with Crippen molar-refractivity contribution >= 4 is 22.4 Å². The highest BCUT2D eigenvalue weighted by molar-refractivity contribution is 7.65. The lowest BCUT2D eigenvalue weighted by Gasteiger charge is -1.98. The van der Waals surface area contributed by atoms with Crippen molar-refractivity contribution in [1.82, 2.24) is 0 Å². The molecule has 0 amide bonds. The van der Waals surface area contributed by atoms with Crippen molar-refractivity contribution in [3.05, 3.63) is 42.0 Å². The second kappa shape index (κ2) is 3.23. The summed E-state index contributed by atoms with van der Waals surface area (Å²) in [6.45, 7) is 2.08. The molecule has 0 fully saturated rings. The number of benzene rings is 2. The molecule has 0 bridgehead atoms. The lowest BCUT2D eigenvalue weighted by molar-refractivity contribution is 0.605. The third-order valence-corrected chi connectivity index (χ3v) is 2.61. The van der Waals surface area contributed by atoms with Gasteiger partial charge in [0.2, 0.25) is 0 Å². The van der Waals surface area contributed by atoms with Crippen molar-refractivity contribution in [2.45, 2.75) is 11.8 Å². The van der Waals surface area contributed by atoms with E-state index in [1.165, 1.54) is 10.9 Å². The Labute approximate surface area is 80.9 Å². The van der Waals surface area contributed by atoms with Gasteiger partial charge in [-0.2, -0.15) is 0 Å². The fourth-order valence-corrected chi connectivity index (χ4v) is 1.77. The molecule has 1 nitrogen and oxygen atoms in total. The molecule has 2 heteroatoms. The molecule has 0 aliphatic rings. The van der Waals surface area contributed by atoms with Crippen LogP contribution in [-0.4, -0.2) is 0 Å². The Bertz CT molecular complexity index is 463. The number of rotatable bonds is 1. The van der Waals surface area contributed by atoms with Crippen LogP contribution in [0.25, 0.3) is 10.8 Å². The van der Waals surface area contributed by atoms with Crippen LogP contribution in [0.2, 0.25) is 0 Å². The first kappa shape index (κ1) is 8.32. The number of hydrogen-bond acceptors (Lipinski definition) is 1. The van der Waals surface area contributed by atoms with E-state index in [-0.39, 0.29) is 0 Å². The van der Waals surface area contributed by atoms with E-state index in [1.807, 2.05) is 30.3 Å². The fourth-order valence-electron chi connectivity index (χ4n) is 1.48. The van der Waals surface area contributed by atoms with Crippen molar-refractivity contribution in [3.63, 3.8) is 0 Å². The van der Waals surface area contributed by atoms with Crippen molar-refractivity contribution in [3.8, 4) is 0 Å². The summed E-state index contributed by atoms with van der Waals surface area (Å²) >= 11 is 0.539. The van der Waals surface area contributed by atoms with Gasteiger partial charge in [-0.05, 0) is 29.3 Å². The van der Waals surface area contributed by atoms with E-state index in [9.17, 15) is 4.21 Å². The molecule has 0 heterocycles. The lowest BCUT2D eigenvalue weighted by Crippen LogP contribution is -1.79. The third kappa shape index (κ3) is 1.45. The summed E-state index contributed by atoms with van der Waals surface area (Å²) < 4.78 is 10.6. The van der Waals surface area contributed by atoms with Gasteiger partial charge in [0.1, 0.15) is 0 Å². The molecule has 0 aliphatic heterocycles. The predicted octanol–water partition coefficient (Wildman–Crippen LogP) is 2.94. The van der Waals surface area contributed by atoms with Crippen LogP contribution in [0.4, 0.5) is 0 Å². The SMILES string of the molecule is Cc1cccc2cc([S+]=O)ccc12. The molecule has 0 aliphatic carbocycles. The first-order valence-corrected chi connectivity index (χ1v) is 4.84. The maximum absolute atomic E-state index is 10.6. The van der Waals surface area contributed by atoms with Gasteiger partial charge in [-0.15, -0.1) is 0 Å². The molecule has 0 radical (unpaired) electrons. The second-order valence-electron chi connectivity index (χ2n) is 3.04. The van der Waals surface area contributed by atoms with Gasteiger partial charge in [0.25, 0.3) is 4.90 Å². The largest absolute Gasteiger partial charge is 0.505 e. The summed E-state index contributed by atoms with van der Waals surface area (Å²) in [6.07, 6.45) is 0. The average molecular weight is 189 g/mol.